The van der Waals surface area contributed by atoms with Crippen LogP contribution < -0.4 is 10.2 Å². The van der Waals surface area contributed by atoms with Gasteiger partial charge >= 0.3 is 0 Å². The fourth-order valence-corrected chi connectivity index (χ4v) is 3.95. The first kappa shape index (κ1) is 17.4. The largest absolute Gasteiger partial charge is 0.371 e. The Morgan fingerprint density at radius 3 is 2.37 bits per heavy atom. The monoisotopic (exact) mass is 371 g/mol. The summed E-state index contributed by atoms with van der Waals surface area (Å²) in [5.41, 5.74) is 1.38. The Labute approximate surface area is 157 Å². The highest BCUT2D eigenvalue weighted by molar-refractivity contribution is 6.23. The highest BCUT2D eigenvalue weighted by Gasteiger charge is 2.44. The number of hydrogen-bond donors (Lipinski definition) is 1. The number of piperidine rings is 2. The molecule has 3 aliphatic heterocycles. The predicted molar refractivity (Wildman–Crippen MR) is 96.2 cm³/mol. The summed E-state index contributed by atoms with van der Waals surface area (Å²) in [5.74, 6) is -1.95. The van der Waals surface area contributed by atoms with Crippen LogP contribution in [-0.2, 0) is 14.4 Å². The molecule has 4 rings (SSSR count). The average molecular weight is 371 g/mol. The van der Waals surface area contributed by atoms with E-state index < -0.39 is 29.7 Å². The van der Waals surface area contributed by atoms with Crippen LogP contribution in [0.25, 0.3) is 0 Å². The molecule has 0 aromatic heterocycles. The molecule has 3 heterocycles. The molecule has 0 radical (unpaired) electrons. The molecule has 2 saturated heterocycles. The van der Waals surface area contributed by atoms with Crippen LogP contribution in [0.5, 0.6) is 0 Å². The quantitative estimate of drug-likeness (QED) is 0.621. The molecule has 8 heteroatoms. The number of imide groups is 2. The maximum absolute atomic E-state index is 12.8. The van der Waals surface area contributed by atoms with E-state index in [0.29, 0.717) is 13.1 Å². The second kappa shape index (κ2) is 6.61. The summed E-state index contributed by atoms with van der Waals surface area (Å²) in [5, 5.41) is 2.19. The van der Waals surface area contributed by atoms with E-state index in [9.17, 15) is 24.0 Å². The highest BCUT2D eigenvalue weighted by Crippen LogP contribution is 2.31. The number of benzene rings is 1. The molecule has 0 saturated carbocycles. The summed E-state index contributed by atoms with van der Waals surface area (Å²) < 4.78 is 0. The topological polar surface area (TPSA) is 104 Å². The van der Waals surface area contributed by atoms with Crippen molar-refractivity contribution in [2.45, 2.75) is 31.7 Å². The first-order chi connectivity index (χ1) is 13.0. The second-order valence-corrected chi connectivity index (χ2v) is 7.14. The molecule has 1 atom stereocenters. The van der Waals surface area contributed by atoms with E-state index in [4.69, 9.17) is 0 Å². The number of hydrogen-bond acceptors (Lipinski definition) is 6. The Kier molecular flexibility index (Phi) is 4.25. The van der Waals surface area contributed by atoms with Gasteiger partial charge in [0.15, 0.2) is 0 Å². The Morgan fingerprint density at radius 2 is 1.70 bits per heavy atom. The molecule has 0 bridgehead atoms. The van der Waals surface area contributed by atoms with Gasteiger partial charge in [0.2, 0.25) is 11.8 Å². The van der Waals surface area contributed by atoms with E-state index in [1.54, 1.807) is 18.2 Å². The van der Waals surface area contributed by atoms with Crippen molar-refractivity contribution < 1.29 is 25.4 Å². The number of amides is 4. The van der Waals surface area contributed by atoms with Crippen LogP contribution in [0, 0.1) is 5.92 Å². The summed E-state index contributed by atoms with van der Waals surface area (Å²) in [6.45, 7) is 1.42. The lowest BCUT2D eigenvalue weighted by Gasteiger charge is -2.31. The minimum Gasteiger partial charge on any atom is -0.371 e. The SMILES string of the molecule is O=CC1CCN(c2ccc3c(c2)C(=O)N(C2CCC(=O)NC2=O)C3=O)CC1.[HH]. The van der Waals surface area contributed by atoms with Crippen molar-refractivity contribution in [3.8, 4) is 0 Å². The number of nitrogens with zero attached hydrogens (tertiary/aromatic N) is 2. The normalized spacial score (nSPS) is 23.5. The molecule has 3 aliphatic rings. The van der Waals surface area contributed by atoms with Crippen molar-refractivity contribution >= 4 is 35.6 Å². The number of carbonyl (C=O) groups is 5. The summed E-state index contributed by atoms with van der Waals surface area (Å²) in [4.78, 5) is 62.9. The van der Waals surface area contributed by atoms with Gasteiger partial charge in [-0.3, -0.25) is 29.4 Å². The summed E-state index contributed by atoms with van der Waals surface area (Å²) in [6, 6.07) is 4.13. The fourth-order valence-electron chi connectivity index (χ4n) is 3.95. The second-order valence-electron chi connectivity index (χ2n) is 7.14. The smallest absolute Gasteiger partial charge is 0.262 e. The minimum atomic E-state index is -0.957. The molecule has 0 aliphatic carbocycles. The Balaban J connectivity index is 0.00000225. The third kappa shape index (κ3) is 2.90. The average Bonchev–Trinajstić information content (AvgIpc) is 2.92. The highest BCUT2D eigenvalue weighted by atomic mass is 16.2. The minimum absolute atomic E-state index is 0. The number of fused-ring (bicyclic) bond motifs is 1. The molecule has 1 unspecified atom stereocenters. The van der Waals surface area contributed by atoms with E-state index in [-0.39, 0.29) is 31.3 Å². The van der Waals surface area contributed by atoms with Gasteiger partial charge < -0.3 is 9.69 Å². The van der Waals surface area contributed by atoms with Crippen LogP contribution in [0.1, 0.15) is 47.8 Å². The van der Waals surface area contributed by atoms with Crippen LogP contribution >= 0.6 is 0 Å². The van der Waals surface area contributed by atoms with E-state index in [1.165, 1.54) is 0 Å². The van der Waals surface area contributed by atoms with Gasteiger partial charge in [-0.1, -0.05) is 0 Å². The molecule has 0 spiro atoms. The number of aldehydes is 1. The predicted octanol–water partition coefficient (Wildman–Crippen LogP) is 0.749. The van der Waals surface area contributed by atoms with Gasteiger partial charge in [-0.2, -0.15) is 0 Å². The number of rotatable bonds is 3. The van der Waals surface area contributed by atoms with Crippen LogP contribution in [0.15, 0.2) is 18.2 Å². The first-order valence-corrected chi connectivity index (χ1v) is 9.05. The van der Waals surface area contributed by atoms with Crippen LogP contribution in [0.3, 0.4) is 0 Å². The van der Waals surface area contributed by atoms with Gasteiger partial charge in [-0.15, -0.1) is 0 Å². The van der Waals surface area contributed by atoms with Gasteiger partial charge in [-0.05, 0) is 37.5 Å². The van der Waals surface area contributed by atoms with Crippen molar-refractivity contribution in [3.05, 3.63) is 29.3 Å². The lowest BCUT2D eigenvalue weighted by atomic mass is 9.97. The van der Waals surface area contributed by atoms with Crippen molar-refractivity contribution in [1.82, 2.24) is 10.2 Å². The van der Waals surface area contributed by atoms with Gasteiger partial charge in [0.1, 0.15) is 12.3 Å². The van der Waals surface area contributed by atoms with Crippen molar-refractivity contribution in [1.29, 1.82) is 0 Å². The standard InChI is InChI=1S/C19H19N3O5.H2/c23-10-11-5-7-21(8-6-11)12-1-2-13-14(9-12)19(27)22(18(13)26)15-3-4-16(24)20-17(15)25;/h1-2,9-11,15H,3-8H2,(H,20,24,25);1H. The third-order valence-corrected chi connectivity index (χ3v) is 5.52. The van der Waals surface area contributed by atoms with E-state index >= 15 is 0 Å². The molecule has 2 fully saturated rings. The van der Waals surface area contributed by atoms with Crippen LogP contribution in [0.4, 0.5) is 5.69 Å². The fraction of sp³-hybridized carbons (Fsp3) is 0.421. The Hall–Kier alpha value is -3.03. The summed E-state index contributed by atoms with van der Waals surface area (Å²) >= 11 is 0. The summed E-state index contributed by atoms with van der Waals surface area (Å²) in [6.07, 6.45) is 2.74. The van der Waals surface area contributed by atoms with E-state index in [2.05, 4.69) is 10.2 Å². The number of anilines is 1. The number of nitrogens with one attached hydrogen (secondary N) is 1. The van der Waals surface area contributed by atoms with Crippen LogP contribution in [-0.4, -0.2) is 53.9 Å². The molecule has 4 amide bonds. The van der Waals surface area contributed by atoms with E-state index in [0.717, 1.165) is 29.7 Å². The molecular weight excluding hydrogens is 350 g/mol. The summed E-state index contributed by atoms with van der Waals surface area (Å²) in [7, 11) is 0. The van der Waals surface area contributed by atoms with Crippen molar-refractivity contribution in [2.24, 2.45) is 5.92 Å². The lowest BCUT2D eigenvalue weighted by Crippen LogP contribution is -2.54. The zero-order chi connectivity index (χ0) is 19.1. The zero-order valence-electron chi connectivity index (χ0n) is 14.6. The zero-order valence-corrected chi connectivity index (χ0v) is 14.6. The van der Waals surface area contributed by atoms with Crippen molar-refractivity contribution in [3.63, 3.8) is 0 Å². The maximum Gasteiger partial charge on any atom is 0.262 e. The Bertz CT molecular complexity index is 863. The third-order valence-electron chi connectivity index (χ3n) is 5.52. The molecule has 8 nitrogen and oxygen atoms in total. The molecular formula is C19H21N3O5. The van der Waals surface area contributed by atoms with Gasteiger partial charge in [-0.25, -0.2) is 0 Å². The Morgan fingerprint density at radius 1 is 1.00 bits per heavy atom. The molecule has 1 aromatic carbocycles. The molecule has 27 heavy (non-hydrogen) atoms. The maximum atomic E-state index is 12.8. The van der Waals surface area contributed by atoms with Crippen LogP contribution in [0.2, 0.25) is 0 Å². The molecule has 1 aromatic rings. The van der Waals surface area contributed by atoms with E-state index in [1.807, 2.05) is 0 Å². The first-order valence-electron chi connectivity index (χ1n) is 9.05. The van der Waals surface area contributed by atoms with Gasteiger partial charge in [0, 0.05) is 32.5 Å². The van der Waals surface area contributed by atoms with Gasteiger partial charge in [0.25, 0.3) is 11.8 Å². The molecule has 1 N–H and O–H groups in total. The van der Waals surface area contributed by atoms with Crippen molar-refractivity contribution in [2.75, 3.05) is 18.0 Å². The molecule has 142 valence electrons. The van der Waals surface area contributed by atoms with Gasteiger partial charge in [0.05, 0.1) is 11.1 Å². The lowest BCUT2D eigenvalue weighted by molar-refractivity contribution is -0.136. The number of carbonyl (C=O) groups excluding carboxylic acids is 5.